The van der Waals surface area contributed by atoms with Gasteiger partial charge in [-0.15, -0.1) is 0 Å². The summed E-state index contributed by atoms with van der Waals surface area (Å²) in [5.74, 6) is 1.04. The van der Waals surface area contributed by atoms with Crippen molar-refractivity contribution < 1.29 is 23.7 Å². The van der Waals surface area contributed by atoms with Crippen molar-refractivity contribution in [3.05, 3.63) is 17.7 Å². The zero-order valence-electron chi connectivity index (χ0n) is 16.6. The molecule has 1 aromatic rings. The van der Waals surface area contributed by atoms with Gasteiger partial charge in [-0.1, -0.05) is 0 Å². The molecule has 1 heterocycles. The Balaban J connectivity index is 2.01. The summed E-state index contributed by atoms with van der Waals surface area (Å²) in [5, 5.41) is 3.36. The number of rotatable bonds is 9. The Kier molecular flexibility index (Phi) is 9.09. The number of hydrogen-bond donors (Lipinski definition) is 3. The van der Waals surface area contributed by atoms with E-state index < -0.39 is 0 Å². The average Bonchev–Trinajstić information content (AvgIpc) is 3.20. The van der Waals surface area contributed by atoms with Crippen LogP contribution in [-0.4, -0.2) is 50.1 Å². The molecule has 1 saturated heterocycles. The minimum Gasteiger partial charge on any atom is -0.490 e. The third-order valence-electron chi connectivity index (χ3n) is 3.98. The molecule has 1 atom stereocenters. The van der Waals surface area contributed by atoms with Crippen LogP contribution in [0.15, 0.2) is 12.1 Å². The van der Waals surface area contributed by atoms with Gasteiger partial charge in [0.2, 0.25) is 5.75 Å². The summed E-state index contributed by atoms with van der Waals surface area (Å²) < 4.78 is 22.4. The van der Waals surface area contributed by atoms with Crippen LogP contribution in [-0.2, 0) is 4.74 Å². The zero-order valence-corrected chi connectivity index (χ0v) is 17.4. The number of ether oxygens (including phenoxy) is 4. The number of carbonyl (C=O) groups is 1. The van der Waals surface area contributed by atoms with Gasteiger partial charge in [0, 0.05) is 18.7 Å². The van der Waals surface area contributed by atoms with E-state index >= 15 is 0 Å². The van der Waals surface area contributed by atoms with Gasteiger partial charge in [0.1, 0.15) is 0 Å². The summed E-state index contributed by atoms with van der Waals surface area (Å²) in [6, 6.07) is 3.24. The molecule has 0 saturated carbocycles. The fraction of sp³-hybridized carbons (Fsp3) is 0.579. The second-order valence-electron chi connectivity index (χ2n) is 6.02. The van der Waals surface area contributed by atoms with Crippen molar-refractivity contribution in [2.45, 2.75) is 39.7 Å². The van der Waals surface area contributed by atoms with Crippen molar-refractivity contribution in [1.82, 2.24) is 16.2 Å². The normalized spacial score (nSPS) is 15.6. The highest BCUT2D eigenvalue weighted by Crippen LogP contribution is 2.39. The van der Waals surface area contributed by atoms with Crippen LogP contribution in [0, 0.1) is 0 Å². The van der Waals surface area contributed by atoms with E-state index in [0.29, 0.717) is 54.3 Å². The SMILES string of the molecule is CCOc1cc(C(=O)NNC(=S)NC[C@@H]2CCCO2)cc(OCC)c1OCC. The number of thiocarbonyl (C=S) groups is 1. The molecule has 1 fully saturated rings. The number of hydrazine groups is 1. The molecule has 9 heteroatoms. The molecule has 3 N–H and O–H groups in total. The fourth-order valence-corrected chi connectivity index (χ4v) is 2.90. The highest BCUT2D eigenvalue weighted by Gasteiger charge is 2.19. The van der Waals surface area contributed by atoms with Crippen molar-refractivity contribution in [3.8, 4) is 17.2 Å². The molecule has 156 valence electrons. The summed E-state index contributed by atoms with van der Waals surface area (Å²) in [7, 11) is 0. The first-order valence-electron chi connectivity index (χ1n) is 9.61. The molecule has 0 aromatic heterocycles. The van der Waals surface area contributed by atoms with Crippen LogP contribution in [0.2, 0.25) is 0 Å². The molecule has 1 aliphatic rings. The predicted octanol–water partition coefficient (Wildman–Crippen LogP) is 2.17. The quantitative estimate of drug-likeness (QED) is 0.421. The van der Waals surface area contributed by atoms with Crippen LogP contribution in [0.3, 0.4) is 0 Å². The molecule has 1 amide bonds. The van der Waals surface area contributed by atoms with E-state index in [2.05, 4.69) is 16.2 Å². The zero-order chi connectivity index (χ0) is 20.4. The van der Waals surface area contributed by atoms with Crippen molar-refractivity contribution >= 4 is 23.2 Å². The lowest BCUT2D eigenvalue weighted by Crippen LogP contribution is -2.48. The Hall–Kier alpha value is -2.26. The summed E-state index contributed by atoms with van der Waals surface area (Å²) in [4.78, 5) is 12.6. The lowest BCUT2D eigenvalue weighted by Gasteiger charge is -2.18. The smallest absolute Gasteiger partial charge is 0.269 e. The van der Waals surface area contributed by atoms with Crippen LogP contribution in [0.5, 0.6) is 17.2 Å². The fourth-order valence-electron chi connectivity index (χ4n) is 2.76. The second-order valence-corrected chi connectivity index (χ2v) is 6.43. The van der Waals surface area contributed by atoms with Gasteiger partial charge in [0.05, 0.1) is 25.9 Å². The van der Waals surface area contributed by atoms with E-state index in [-0.39, 0.29) is 12.0 Å². The van der Waals surface area contributed by atoms with Gasteiger partial charge in [-0.2, -0.15) is 0 Å². The minimum absolute atomic E-state index is 0.157. The number of hydrogen-bond acceptors (Lipinski definition) is 6. The van der Waals surface area contributed by atoms with Crippen molar-refractivity contribution in [2.75, 3.05) is 33.0 Å². The molecule has 2 rings (SSSR count). The molecular weight excluding hydrogens is 382 g/mol. The Morgan fingerprint density at radius 2 is 1.75 bits per heavy atom. The van der Waals surface area contributed by atoms with E-state index in [1.54, 1.807) is 12.1 Å². The number of benzene rings is 1. The molecular formula is C19H29N3O5S. The molecule has 8 nitrogen and oxygen atoms in total. The van der Waals surface area contributed by atoms with Crippen molar-refractivity contribution in [3.63, 3.8) is 0 Å². The van der Waals surface area contributed by atoms with Crippen molar-refractivity contribution in [1.29, 1.82) is 0 Å². The standard InChI is InChI=1S/C19H29N3O5S/c1-4-24-15-10-13(11-16(25-5-2)17(15)26-6-3)18(23)21-22-19(28)20-12-14-8-7-9-27-14/h10-11,14H,4-9,12H2,1-3H3,(H,21,23)(H2,20,22,28)/t14-/m0/s1. The third-order valence-corrected chi connectivity index (χ3v) is 4.22. The van der Waals surface area contributed by atoms with Gasteiger partial charge < -0.3 is 24.3 Å². The largest absolute Gasteiger partial charge is 0.490 e. The van der Waals surface area contributed by atoms with E-state index in [4.69, 9.17) is 31.2 Å². The highest BCUT2D eigenvalue weighted by atomic mass is 32.1. The lowest BCUT2D eigenvalue weighted by molar-refractivity contribution is 0.0942. The predicted molar refractivity (Wildman–Crippen MR) is 110 cm³/mol. The first-order valence-corrected chi connectivity index (χ1v) is 10.0. The lowest BCUT2D eigenvalue weighted by atomic mass is 10.1. The Morgan fingerprint density at radius 3 is 2.29 bits per heavy atom. The van der Waals surface area contributed by atoms with Gasteiger partial charge in [0.25, 0.3) is 5.91 Å². The van der Waals surface area contributed by atoms with Gasteiger partial charge in [-0.05, 0) is 58.0 Å². The Bertz CT molecular complexity index is 638. The maximum Gasteiger partial charge on any atom is 0.269 e. The van der Waals surface area contributed by atoms with Gasteiger partial charge in [-0.25, -0.2) is 0 Å². The summed E-state index contributed by atoms with van der Waals surface area (Å²) in [6.45, 7) is 8.32. The minimum atomic E-state index is -0.369. The topological polar surface area (TPSA) is 90.1 Å². The second kappa shape index (κ2) is 11.6. The van der Waals surface area contributed by atoms with Gasteiger partial charge in [-0.3, -0.25) is 15.6 Å². The Morgan fingerprint density at radius 1 is 1.11 bits per heavy atom. The van der Waals surface area contributed by atoms with Crippen LogP contribution >= 0.6 is 12.2 Å². The Labute approximate surface area is 171 Å². The molecule has 0 aliphatic carbocycles. The average molecular weight is 412 g/mol. The maximum atomic E-state index is 12.6. The van der Waals surface area contributed by atoms with Gasteiger partial charge >= 0.3 is 0 Å². The van der Waals surface area contributed by atoms with E-state index in [9.17, 15) is 4.79 Å². The summed E-state index contributed by atoms with van der Waals surface area (Å²) in [6.07, 6.45) is 2.23. The maximum absolute atomic E-state index is 12.6. The molecule has 0 radical (unpaired) electrons. The number of amides is 1. The highest BCUT2D eigenvalue weighted by molar-refractivity contribution is 7.80. The molecule has 28 heavy (non-hydrogen) atoms. The molecule has 0 bridgehead atoms. The van der Waals surface area contributed by atoms with E-state index in [0.717, 1.165) is 19.4 Å². The number of nitrogens with one attached hydrogen (secondary N) is 3. The van der Waals surface area contributed by atoms with E-state index in [1.807, 2.05) is 20.8 Å². The first-order chi connectivity index (χ1) is 13.6. The summed E-state index contributed by atoms with van der Waals surface area (Å²) >= 11 is 5.19. The molecule has 0 spiro atoms. The first kappa shape index (κ1) is 22.0. The molecule has 0 unspecified atom stereocenters. The third kappa shape index (κ3) is 6.42. The van der Waals surface area contributed by atoms with Crippen molar-refractivity contribution in [2.24, 2.45) is 0 Å². The van der Waals surface area contributed by atoms with Gasteiger partial charge in [0.15, 0.2) is 16.6 Å². The van der Waals surface area contributed by atoms with Crippen LogP contribution < -0.4 is 30.4 Å². The van der Waals surface area contributed by atoms with Crippen LogP contribution in [0.4, 0.5) is 0 Å². The summed E-state index contributed by atoms with van der Waals surface area (Å²) in [5.41, 5.74) is 5.64. The van der Waals surface area contributed by atoms with Crippen LogP contribution in [0.25, 0.3) is 0 Å². The van der Waals surface area contributed by atoms with Crippen LogP contribution in [0.1, 0.15) is 44.0 Å². The molecule has 1 aliphatic heterocycles. The number of carbonyl (C=O) groups excluding carboxylic acids is 1. The van der Waals surface area contributed by atoms with E-state index in [1.165, 1.54) is 0 Å². The monoisotopic (exact) mass is 411 g/mol. The molecule has 1 aromatic carbocycles.